The molecule has 0 saturated heterocycles. The molecule has 1 N–H and O–H groups in total. The number of nitrogens with one attached hydrogen (secondary N) is 1. The van der Waals surface area contributed by atoms with Crippen LogP contribution >= 0.6 is 22.9 Å². The predicted molar refractivity (Wildman–Crippen MR) is 86.6 cm³/mol. The van der Waals surface area contributed by atoms with Crippen LogP contribution in [0.5, 0.6) is 0 Å². The number of aromatic nitrogens is 1. The van der Waals surface area contributed by atoms with Crippen molar-refractivity contribution in [2.45, 2.75) is 20.3 Å². The Bertz CT molecular complexity index is 700. The zero-order valence-corrected chi connectivity index (χ0v) is 13.8. The summed E-state index contributed by atoms with van der Waals surface area (Å²) in [4.78, 5) is 29.1. The predicted octanol–water partition coefficient (Wildman–Crippen LogP) is 3.46. The Morgan fingerprint density at radius 1 is 1.45 bits per heavy atom. The Kier molecular flexibility index (Phi) is 5.51. The molecular weight excluding hydrogens is 324 g/mol. The van der Waals surface area contributed by atoms with E-state index in [1.807, 2.05) is 13.8 Å². The monoisotopic (exact) mass is 338 g/mol. The van der Waals surface area contributed by atoms with Crippen molar-refractivity contribution in [2.75, 3.05) is 11.9 Å². The molecule has 2 rings (SSSR count). The number of nitrogens with zero attached hydrogens (tertiary/aromatic N) is 1. The Morgan fingerprint density at radius 2 is 2.23 bits per heavy atom. The lowest BCUT2D eigenvalue weighted by molar-refractivity contribution is -0.119. The highest BCUT2D eigenvalue weighted by molar-refractivity contribution is 7.14. The van der Waals surface area contributed by atoms with Crippen LogP contribution in [0.1, 0.15) is 27.0 Å². The molecule has 2 aromatic heterocycles. The van der Waals surface area contributed by atoms with Gasteiger partial charge in [-0.25, -0.2) is 9.78 Å². The smallest absolute Gasteiger partial charge is 0.348 e. The van der Waals surface area contributed by atoms with E-state index in [-0.39, 0.29) is 11.8 Å². The van der Waals surface area contributed by atoms with Crippen LogP contribution in [0.15, 0.2) is 24.4 Å². The molecule has 116 valence electrons. The topological polar surface area (TPSA) is 68.3 Å². The van der Waals surface area contributed by atoms with Crippen molar-refractivity contribution in [2.24, 2.45) is 0 Å². The highest BCUT2D eigenvalue weighted by atomic mass is 35.5. The van der Waals surface area contributed by atoms with Crippen molar-refractivity contribution < 1.29 is 14.3 Å². The quantitative estimate of drug-likeness (QED) is 0.669. The molecule has 2 aromatic rings. The summed E-state index contributed by atoms with van der Waals surface area (Å²) in [7, 11) is 0. The van der Waals surface area contributed by atoms with Crippen LogP contribution in [-0.4, -0.2) is 23.5 Å². The standard InChI is InChI=1S/C15H15ClN2O3S/c1-3-10-7-12(22-9(10)2)15(20)21-8-13(19)18-11-5-4-6-17-14(11)16/h4-7H,3,8H2,1-2H3,(H,18,19). The van der Waals surface area contributed by atoms with Gasteiger partial charge in [0.05, 0.1) is 5.69 Å². The summed E-state index contributed by atoms with van der Waals surface area (Å²) in [5, 5.41) is 2.72. The van der Waals surface area contributed by atoms with Gasteiger partial charge in [0.25, 0.3) is 5.91 Å². The van der Waals surface area contributed by atoms with Gasteiger partial charge in [-0.05, 0) is 37.1 Å². The highest BCUT2D eigenvalue weighted by Crippen LogP contribution is 2.22. The van der Waals surface area contributed by atoms with Crippen LogP contribution in [0.2, 0.25) is 5.15 Å². The van der Waals surface area contributed by atoms with E-state index in [4.69, 9.17) is 16.3 Å². The van der Waals surface area contributed by atoms with Crippen molar-refractivity contribution in [3.05, 3.63) is 44.9 Å². The molecule has 0 fully saturated rings. The lowest BCUT2D eigenvalue weighted by Gasteiger charge is -2.06. The number of anilines is 1. The van der Waals surface area contributed by atoms with E-state index in [0.717, 1.165) is 16.9 Å². The van der Waals surface area contributed by atoms with Crippen LogP contribution in [0.3, 0.4) is 0 Å². The third-order valence-electron chi connectivity index (χ3n) is 2.97. The number of rotatable bonds is 5. The summed E-state index contributed by atoms with van der Waals surface area (Å²) < 4.78 is 5.01. The molecule has 2 heterocycles. The van der Waals surface area contributed by atoms with Gasteiger partial charge in [-0.2, -0.15) is 0 Å². The third-order valence-corrected chi connectivity index (χ3v) is 4.34. The average Bonchev–Trinajstić information content (AvgIpc) is 2.88. The molecule has 0 saturated carbocycles. The maximum absolute atomic E-state index is 11.9. The van der Waals surface area contributed by atoms with Crippen LogP contribution in [0.4, 0.5) is 5.69 Å². The number of hydrogen-bond acceptors (Lipinski definition) is 5. The number of hydrogen-bond donors (Lipinski definition) is 1. The Labute approximate surface area is 137 Å². The first-order valence-electron chi connectivity index (χ1n) is 6.68. The summed E-state index contributed by atoms with van der Waals surface area (Å²) in [6, 6.07) is 5.07. The fraction of sp³-hybridized carbons (Fsp3) is 0.267. The van der Waals surface area contributed by atoms with Gasteiger partial charge in [-0.15, -0.1) is 11.3 Å². The van der Waals surface area contributed by atoms with Gasteiger partial charge in [0.15, 0.2) is 11.8 Å². The second-order valence-electron chi connectivity index (χ2n) is 4.51. The van der Waals surface area contributed by atoms with Gasteiger partial charge in [0, 0.05) is 11.1 Å². The molecule has 0 atom stereocenters. The fourth-order valence-electron chi connectivity index (χ4n) is 1.84. The second kappa shape index (κ2) is 7.38. The number of halogens is 1. The summed E-state index contributed by atoms with van der Waals surface area (Å²) in [6.45, 7) is 3.61. The first-order valence-corrected chi connectivity index (χ1v) is 7.87. The Morgan fingerprint density at radius 3 is 2.86 bits per heavy atom. The van der Waals surface area contributed by atoms with Gasteiger partial charge in [-0.1, -0.05) is 18.5 Å². The molecule has 0 spiro atoms. The summed E-state index contributed by atoms with van der Waals surface area (Å²) in [5.74, 6) is -0.965. The van der Waals surface area contributed by atoms with E-state index in [1.165, 1.54) is 17.5 Å². The first kappa shape index (κ1) is 16.5. The van der Waals surface area contributed by atoms with E-state index in [9.17, 15) is 9.59 Å². The lowest BCUT2D eigenvalue weighted by atomic mass is 10.2. The SMILES string of the molecule is CCc1cc(C(=O)OCC(=O)Nc2cccnc2Cl)sc1C. The van der Waals surface area contributed by atoms with Gasteiger partial charge < -0.3 is 10.1 Å². The van der Waals surface area contributed by atoms with E-state index in [1.54, 1.807) is 18.2 Å². The fourth-order valence-corrected chi connectivity index (χ4v) is 3.01. The van der Waals surface area contributed by atoms with Gasteiger partial charge in [-0.3, -0.25) is 4.79 Å². The minimum atomic E-state index is -0.500. The van der Waals surface area contributed by atoms with E-state index < -0.39 is 11.9 Å². The molecule has 0 bridgehead atoms. The number of pyridine rings is 1. The number of ether oxygens (including phenoxy) is 1. The zero-order chi connectivity index (χ0) is 16.1. The van der Waals surface area contributed by atoms with Crippen LogP contribution in [-0.2, 0) is 16.0 Å². The zero-order valence-electron chi connectivity index (χ0n) is 12.2. The summed E-state index contributed by atoms with van der Waals surface area (Å²) in [5.41, 5.74) is 1.49. The van der Waals surface area contributed by atoms with Gasteiger partial charge in [0.1, 0.15) is 4.88 Å². The number of esters is 1. The van der Waals surface area contributed by atoms with E-state index >= 15 is 0 Å². The third kappa shape index (κ3) is 4.05. The maximum Gasteiger partial charge on any atom is 0.348 e. The molecule has 0 aromatic carbocycles. The number of carbonyl (C=O) groups is 2. The minimum absolute atomic E-state index is 0.184. The van der Waals surface area contributed by atoms with Crippen LogP contribution < -0.4 is 5.32 Å². The number of thiophene rings is 1. The van der Waals surface area contributed by atoms with Crippen LogP contribution in [0, 0.1) is 6.92 Å². The summed E-state index contributed by atoms with van der Waals surface area (Å²) >= 11 is 7.20. The normalized spacial score (nSPS) is 10.3. The number of carbonyl (C=O) groups excluding carboxylic acids is 2. The lowest BCUT2D eigenvalue weighted by Crippen LogP contribution is -2.20. The molecule has 0 radical (unpaired) electrons. The molecule has 1 amide bonds. The highest BCUT2D eigenvalue weighted by Gasteiger charge is 2.15. The second-order valence-corrected chi connectivity index (χ2v) is 6.13. The van der Waals surface area contributed by atoms with Crippen molar-refractivity contribution in [3.8, 4) is 0 Å². The molecule has 7 heteroatoms. The van der Waals surface area contributed by atoms with Crippen molar-refractivity contribution >= 4 is 40.5 Å². The molecular formula is C15H15ClN2O3S. The number of amides is 1. The molecule has 0 aliphatic rings. The largest absolute Gasteiger partial charge is 0.451 e. The van der Waals surface area contributed by atoms with Crippen molar-refractivity contribution in [1.82, 2.24) is 4.98 Å². The molecule has 22 heavy (non-hydrogen) atoms. The van der Waals surface area contributed by atoms with E-state index in [2.05, 4.69) is 10.3 Å². The van der Waals surface area contributed by atoms with Crippen LogP contribution in [0.25, 0.3) is 0 Å². The van der Waals surface area contributed by atoms with Crippen molar-refractivity contribution in [3.63, 3.8) is 0 Å². The van der Waals surface area contributed by atoms with Gasteiger partial charge in [0.2, 0.25) is 0 Å². The summed E-state index contributed by atoms with van der Waals surface area (Å²) in [6.07, 6.45) is 2.37. The van der Waals surface area contributed by atoms with E-state index in [0.29, 0.717) is 10.6 Å². The van der Waals surface area contributed by atoms with Gasteiger partial charge >= 0.3 is 5.97 Å². The Hall–Kier alpha value is -1.92. The van der Waals surface area contributed by atoms with Crippen molar-refractivity contribution in [1.29, 1.82) is 0 Å². The average molecular weight is 339 g/mol. The number of aryl methyl sites for hydroxylation is 2. The molecule has 0 aliphatic carbocycles. The minimum Gasteiger partial charge on any atom is -0.451 e. The molecule has 5 nitrogen and oxygen atoms in total. The maximum atomic E-state index is 11.9. The Balaban J connectivity index is 1.90. The molecule has 0 unspecified atom stereocenters. The molecule has 0 aliphatic heterocycles. The first-order chi connectivity index (χ1) is 10.5.